The topological polar surface area (TPSA) is 94.6 Å². The van der Waals surface area contributed by atoms with E-state index in [1.165, 1.54) is 5.56 Å². The number of rotatable bonds is 7. The van der Waals surface area contributed by atoms with E-state index in [2.05, 4.69) is 33.2 Å². The van der Waals surface area contributed by atoms with Gasteiger partial charge in [0.15, 0.2) is 5.96 Å². The predicted molar refractivity (Wildman–Crippen MR) is 136 cm³/mol. The first-order valence-electron chi connectivity index (χ1n) is 10.4. The molecule has 0 aromatic heterocycles. The van der Waals surface area contributed by atoms with Gasteiger partial charge in [0.05, 0.1) is 0 Å². The molecule has 2 aromatic carbocycles. The summed E-state index contributed by atoms with van der Waals surface area (Å²) < 4.78 is 0. The van der Waals surface area contributed by atoms with E-state index in [0.717, 1.165) is 23.4 Å². The molecule has 0 bridgehead atoms. The number of amides is 2. The third-order valence-corrected chi connectivity index (χ3v) is 4.97. The molecule has 0 radical (unpaired) electrons. The molecular formula is C23H30IN5O2. The molecule has 1 aliphatic rings. The largest absolute Gasteiger partial charge is 0.357 e. The molecule has 0 aliphatic carbocycles. The van der Waals surface area contributed by atoms with Crippen LogP contribution in [0.4, 0.5) is 11.4 Å². The van der Waals surface area contributed by atoms with E-state index in [9.17, 15) is 9.59 Å². The standard InChI is InChI=1S/C23H29N5O2.HI/c1-3-16-8-7-9-18(12-16)27-22(30)15-26-23(24-4-2)25-14-17-13-21(29)28-20-11-6-5-10-19(17)20;/h5-12,17H,3-4,13-15H2,1-2H3,(H,27,30)(H,28,29)(H2,24,25,26);1H. The third-order valence-electron chi connectivity index (χ3n) is 4.97. The Bertz CT molecular complexity index is 932. The molecule has 8 heteroatoms. The van der Waals surface area contributed by atoms with Gasteiger partial charge in [0.1, 0.15) is 6.54 Å². The smallest absolute Gasteiger partial charge is 0.246 e. The van der Waals surface area contributed by atoms with Crippen molar-refractivity contribution < 1.29 is 9.59 Å². The Balaban J connectivity index is 0.00000341. The quantitative estimate of drug-likeness (QED) is 0.248. The number of halogens is 1. The maximum Gasteiger partial charge on any atom is 0.246 e. The van der Waals surface area contributed by atoms with Gasteiger partial charge in [-0.3, -0.25) is 9.59 Å². The monoisotopic (exact) mass is 535 g/mol. The number of para-hydroxylation sites is 1. The number of hydrogen-bond donors (Lipinski definition) is 4. The van der Waals surface area contributed by atoms with Crippen LogP contribution in [0, 0.1) is 0 Å². The lowest BCUT2D eigenvalue weighted by Crippen LogP contribution is -2.41. The van der Waals surface area contributed by atoms with Crippen molar-refractivity contribution >= 4 is 53.1 Å². The molecule has 31 heavy (non-hydrogen) atoms. The predicted octanol–water partition coefficient (Wildman–Crippen LogP) is 3.49. The zero-order valence-electron chi connectivity index (χ0n) is 17.9. The van der Waals surface area contributed by atoms with Crippen molar-refractivity contribution in [3.05, 3.63) is 59.7 Å². The molecule has 2 amide bonds. The van der Waals surface area contributed by atoms with E-state index in [0.29, 0.717) is 25.5 Å². The Kier molecular flexibility index (Phi) is 9.77. The number of anilines is 2. The highest BCUT2D eigenvalue weighted by molar-refractivity contribution is 14.0. The van der Waals surface area contributed by atoms with Crippen molar-refractivity contribution in [2.75, 3.05) is 30.3 Å². The zero-order valence-corrected chi connectivity index (χ0v) is 20.2. The Morgan fingerprint density at radius 1 is 1.13 bits per heavy atom. The molecule has 1 atom stereocenters. The summed E-state index contributed by atoms with van der Waals surface area (Å²) in [5.74, 6) is 0.432. The van der Waals surface area contributed by atoms with Crippen LogP contribution < -0.4 is 21.3 Å². The van der Waals surface area contributed by atoms with Crippen LogP contribution in [-0.4, -0.2) is 37.4 Å². The average molecular weight is 535 g/mol. The van der Waals surface area contributed by atoms with Gasteiger partial charge < -0.3 is 21.3 Å². The van der Waals surface area contributed by atoms with Crippen molar-refractivity contribution in [3.8, 4) is 0 Å². The number of aryl methyl sites for hydroxylation is 1. The van der Waals surface area contributed by atoms with Crippen LogP contribution in [0.15, 0.2) is 53.5 Å². The van der Waals surface area contributed by atoms with E-state index < -0.39 is 0 Å². The third kappa shape index (κ3) is 7.23. The summed E-state index contributed by atoms with van der Waals surface area (Å²) in [6.45, 7) is 5.28. The Hall–Kier alpha value is -2.62. The molecule has 1 aliphatic heterocycles. The molecule has 4 N–H and O–H groups in total. The summed E-state index contributed by atoms with van der Waals surface area (Å²) >= 11 is 0. The van der Waals surface area contributed by atoms with Crippen molar-refractivity contribution in [1.82, 2.24) is 10.6 Å². The minimum absolute atomic E-state index is 0. The number of carbonyl (C=O) groups excluding carboxylic acids is 2. The van der Waals surface area contributed by atoms with Crippen molar-refractivity contribution in [2.45, 2.75) is 32.6 Å². The van der Waals surface area contributed by atoms with Gasteiger partial charge in [0.2, 0.25) is 11.8 Å². The fourth-order valence-electron chi connectivity index (χ4n) is 3.47. The van der Waals surface area contributed by atoms with Crippen molar-refractivity contribution in [1.29, 1.82) is 0 Å². The molecule has 0 saturated carbocycles. The highest BCUT2D eigenvalue weighted by Gasteiger charge is 2.24. The number of aliphatic imine (C=N–C) groups is 1. The SMILES string of the molecule is CCNC(=NCC(=O)Nc1cccc(CC)c1)NCC1CC(=O)Nc2ccccc21.I. The molecule has 2 aromatic rings. The summed E-state index contributed by atoms with van der Waals surface area (Å²) in [6, 6.07) is 15.6. The maximum atomic E-state index is 12.3. The molecule has 7 nitrogen and oxygen atoms in total. The summed E-state index contributed by atoms with van der Waals surface area (Å²) in [7, 11) is 0. The first-order valence-corrected chi connectivity index (χ1v) is 10.4. The highest BCUT2D eigenvalue weighted by Crippen LogP contribution is 2.31. The minimum atomic E-state index is -0.178. The van der Waals surface area contributed by atoms with Crippen LogP contribution in [-0.2, 0) is 16.0 Å². The van der Waals surface area contributed by atoms with Gasteiger partial charge in [-0.1, -0.05) is 37.3 Å². The minimum Gasteiger partial charge on any atom is -0.357 e. The summed E-state index contributed by atoms with van der Waals surface area (Å²) in [5.41, 5.74) is 3.91. The second kappa shape index (κ2) is 12.3. The Labute approximate surface area is 200 Å². The second-order valence-electron chi connectivity index (χ2n) is 7.21. The zero-order chi connectivity index (χ0) is 21.3. The van der Waals surface area contributed by atoms with Crippen LogP contribution in [0.5, 0.6) is 0 Å². The second-order valence-corrected chi connectivity index (χ2v) is 7.21. The molecule has 3 rings (SSSR count). The number of guanidine groups is 1. The number of nitrogens with one attached hydrogen (secondary N) is 4. The van der Waals surface area contributed by atoms with E-state index in [4.69, 9.17) is 0 Å². The number of carbonyl (C=O) groups is 2. The van der Waals surface area contributed by atoms with Crippen molar-refractivity contribution in [2.24, 2.45) is 4.99 Å². The number of nitrogens with zero attached hydrogens (tertiary/aromatic N) is 1. The Morgan fingerprint density at radius 2 is 1.94 bits per heavy atom. The van der Waals surface area contributed by atoms with Crippen molar-refractivity contribution in [3.63, 3.8) is 0 Å². The van der Waals surface area contributed by atoms with Gasteiger partial charge in [0, 0.05) is 36.8 Å². The van der Waals surface area contributed by atoms with Crippen LogP contribution in [0.25, 0.3) is 0 Å². The molecule has 1 unspecified atom stereocenters. The normalized spacial score (nSPS) is 15.2. The number of benzene rings is 2. The van der Waals surface area contributed by atoms with Gasteiger partial charge in [-0.05, 0) is 42.7 Å². The van der Waals surface area contributed by atoms with Gasteiger partial charge in [-0.25, -0.2) is 4.99 Å². The van der Waals surface area contributed by atoms with Gasteiger partial charge in [-0.15, -0.1) is 24.0 Å². The van der Waals surface area contributed by atoms with E-state index in [1.807, 2.05) is 55.5 Å². The molecular weight excluding hydrogens is 505 g/mol. The van der Waals surface area contributed by atoms with E-state index >= 15 is 0 Å². The highest BCUT2D eigenvalue weighted by atomic mass is 127. The lowest BCUT2D eigenvalue weighted by Gasteiger charge is -2.26. The summed E-state index contributed by atoms with van der Waals surface area (Å²) in [5, 5.41) is 12.2. The molecule has 166 valence electrons. The van der Waals surface area contributed by atoms with Gasteiger partial charge in [0.25, 0.3) is 0 Å². The van der Waals surface area contributed by atoms with Crippen LogP contribution in [0.2, 0.25) is 0 Å². The van der Waals surface area contributed by atoms with Crippen LogP contribution in [0.1, 0.15) is 37.3 Å². The fourth-order valence-corrected chi connectivity index (χ4v) is 3.47. The van der Waals surface area contributed by atoms with Crippen LogP contribution in [0.3, 0.4) is 0 Å². The van der Waals surface area contributed by atoms with Gasteiger partial charge in [-0.2, -0.15) is 0 Å². The molecule has 0 spiro atoms. The maximum absolute atomic E-state index is 12.3. The fraction of sp³-hybridized carbons (Fsp3) is 0.348. The number of fused-ring (bicyclic) bond motifs is 1. The lowest BCUT2D eigenvalue weighted by molar-refractivity contribution is -0.117. The lowest BCUT2D eigenvalue weighted by atomic mass is 9.90. The summed E-state index contributed by atoms with van der Waals surface area (Å²) in [4.78, 5) is 28.7. The van der Waals surface area contributed by atoms with Crippen LogP contribution >= 0.6 is 24.0 Å². The van der Waals surface area contributed by atoms with Gasteiger partial charge >= 0.3 is 0 Å². The first kappa shape index (κ1) is 24.6. The molecule has 1 heterocycles. The van der Waals surface area contributed by atoms with E-state index in [1.54, 1.807) is 0 Å². The first-order chi connectivity index (χ1) is 14.6. The van der Waals surface area contributed by atoms with E-state index in [-0.39, 0.29) is 48.3 Å². The summed E-state index contributed by atoms with van der Waals surface area (Å²) in [6.07, 6.45) is 1.33. The molecule has 0 fully saturated rings. The average Bonchev–Trinajstić information content (AvgIpc) is 2.75. The Morgan fingerprint density at radius 3 is 2.71 bits per heavy atom. The molecule has 0 saturated heterocycles. The number of hydrogen-bond acceptors (Lipinski definition) is 3.